The summed E-state index contributed by atoms with van der Waals surface area (Å²) in [6.45, 7) is 4.47. The summed E-state index contributed by atoms with van der Waals surface area (Å²) in [6.07, 6.45) is 6.97. The number of carboxylic acids is 1. The van der Waals surface area contributed by atoms with E-state index in [2.05, 4.69) is 13.8 Å². The van der Waals surface area contributed by atoms with Crippen LogP contribution in [-0.4, -0.2) is 5.97 Å². The highest BCUT2D eigenvalue weighted by atomic mass is 16.4. The third kappa shape index (κ3) is 9.38. The van der Waals surface area contributed by atoms with Crippen LogP contribution in [0.3, 0.4) is 0 Å². The molecule has 0 aromatic carbocycles. The van der Waals surface area contributed by atoms with Crippen LogP contribution in [0.2, 0.25) is 0 Å². The van der Waals surface area contributed by atoms with Gasteiger partial charge >= 0.3 is 0 Å². The maximum atomic E-state index is 10.1. The normalized spacial score (nSPS) is 12.8. The zero-order chi connectivity index (χ0) is 10.1. The molecular formula is C11H21O2-. The minimum atomic E-state index is -0.915. The number of aliphatic carboxylic acids is 1. The van der Waals surface area contributed by atoms with Crippen molar-refractivity contribution in [3.63, 3.8) is 0 Å². The summed E-state index contributed by atoms with van der Waals surface area (Å²) in [4.78, 5) is 10.1. The summed E-state index contributed by atoms with van der Waals surface area (Å²) in [5.41, 5.74) is 0. The van der Waals surface area contributed by atoms with Crippen molar-refractivity contribution in [2.75, 3.05) is 0 Å². The van der Waals surface area contributed by atoms with Crippen LogP contribution in [0.4, 0.5) is 0 Å². The molecule has 0 aliphatic rings. The minimum absolute atomic E-state index is 0.224. The number of carbonyl (C=O) groups excluding carboxylic acids is 1. The van der Waals surface area contributed by atoms with E-state index in [9.17, 15) is 9.90 Å². The van der Waals surface area contributed by atoms with E-state index >= 15 is 0 Å². The lowest BCUT2D eigenvalue weighted by atomic mass is 9.98. The van der Waals surface area contributed by atoms with Crippen molar-refractivity contribution in [3.05, 3.63) is 0 Å². The largest absolute Gasteiger partial charge is 0.550 e. The molecule has 0 aromatic rings. The second kappa shape index (κ2) is 8.09. The Hall–Kier alpha value is -0.530. The SMILES string of the molecule is CCC[C@H](C)CCCCCC(=O)[O-]. The standard InChI is InChI=1S/C11H22O2/c1-3-7-10(2)8-5-4-6-9-11(12)13/h10H,3-9H2,1-2H3,(H,12,13)/p-1/t10-/m0/s1. The average molecular weight is 185 g/mol. The molecule has 0 radical (unpaired) electrons. The molecule has 13 heavy (non-hydrogen) atoms. The quantitative estimate of drug-likeness (QED) is 0.543. The van der Waals surface area contributed by atoms with Gasteiger partial charge in [-0.1, -0.05) is 46.0 Å². The summed E-state index contributed by atoms with van der Waals surface area (Å²) < 4.78 is 0. The van der Waals surface area contributed by atoms with Crippen LogP contribution in [0.5, 0.6) is 0 Å². The predicted molar refractivity (Wildman–Crippen MR) is 52.2 cm³/mol. The van der Waals surface area contributed by atoms with Crippen molar-refractivity contribution >= 4 is 5.97 Å². The molecule has 0 aliphatic carbocycles. The van der Waals surface area contributed by atoms with Gasteiger partial charge in [-0.25, -0.2) is 0 Å². The number of hydrogen-bond acceptors (Lipinski definition) is 2. The fourth-order valence-corrected chi connectivity index (χ4v) is 1.58. The molecular weight excluding hydrogens is 164 g/mol. The highest BCUT2D eigenvalue weighted by Gasteiger charge is 1.99. The molecule has 0 N–H and O–H groups in total. The Morgan fingerprint density at radius 1 is 1.23 bits per heavy atom. The second-order valence-electron chi connectivity index (χ2n) is 3.87. The Labute approximate surface area is 81.3 Å². The molecule has 0 unspecified atom stereocenters. The predicted octanol–water partition coefficient (Wildman–Crippen LogP) is 2.12. The fourth-order valence-electron chi connectivity index (χ4n) is 1.58. The molecule has 0 fully saturated rings. The van der Waals surface area contributed by atoms with Gasteiger partial charge in [0.25, 0.3) is 0 Å². The highest BCUT2D eigenvalue weighted by molar-refractivity contribution is 5.63. The first-order valence-corrected chi connectivity index (χ1v) is 5.36. The Morgan fingerprint density at radius 3 is 2.46 bits per heavy atom. The smallest absolute Gasteiger partial charge is 0.0414 e. The number of carboxylic acid groups (broad SMARTS) is 1. The van der Waals surface area contributed by atoms with Gasteiger partial charge in [0.15, 0.2) is 0 Å². The molecule has 2 nitrogen and oxygen atoms in total. The fraction of sp³-hybridized carbons (Fsp3) is 0.909. The first kappa shape index (κ1) is 12.5. The Bertz CT molecular complexity index is 132. The summed E-state index contributed by atoms with van der Waals surface area (Å²) >= 11 is 0. The number of carbonyl (C=O) groups is 1. The zero-order valence-corrected chi connectivity index (χ0v) is 8.84. The van der Waals surface area contributed by atoms with E-state index < -0.39 is 5.97 Å². The lowest BCUT2D eigenvalue weighted by Gasteiger charge is -2.09. The van der Waals surface area contributed by atoms with Crippen molar-refractivity contribution in [1.29, 1.82) is 0 Å². The van der Waals surface area contributed by atoms with E-state index in [0.29, 0.717) is 0 Å². The van der Waals surface area contributed by atoms with Crippen molar-refractivity contribution in [2.45, 2.75) is 58.8 Å². The molecule has 0 saturated heterocycles. The average Bonchev–Trinajstić information content (AvgIpc) is 2.03. The maximum Gasteiger partial charge on any atom is 0.0414 e. The van der Waals surface area contributed by atoms with Gasteiger partial charge in [0.05, 0.1) is 0 Å². The first-order chi connectivity index (χ1) is 6.16. The van der Waals surface area contributed by atoms with Crippen LogP contribution < -0.4 is 5.11 Å². The van der Waals surface area contributed by atoms with Crippen LogP contribution in [0.15, 0.2) is 0 Å². The monoisotopic (exact) mass is 185 g/mol. The zero-order valence-electron chi connectivity index (χ0n) is 8.84. The van der Waals surface area contributed by atoms with E-state index in [4.69, 9.17) is 0 Å². The molecule has 0 heterocycles. The van der Waals surface area contributed by atoms with E-state index in [1.807, 2.05) is 0 Å². The van der Waals surface area contributed by atoms with Crippen LogP contribution in [0.1, 0.15) is 58.8 Å². The summed E-state index contributed by atoms with van der Waals surface area (Å²) in [6, 6.07) is 0. The van der Waals surface area contributed by atoms with Crippen LogP contribution in [0.25, 0.3) is 0 Å². The van der Waals surface area contributed by atoms with Gasteiger partial charge in [-0.2, -0.15) is 0 Å². The summed E-state index contributed by atoms with van der Waals surface area (Å²) in [7, 11) is 0. The topological polar surface area (TPSA) is 40.1 Å². The third-order valence-corrected chi connectivity index (χ3v) is 2.36. The van der Waals surface area contributed by atoms with Gasteiger partial charge in [0, 0.05) is 5.97 Å². The lowest BCUT2D eigenvalue weighted by Crippen LogP contribution is -2.21. The van der Waals surface area contributed by atoms with Crippen LogP contribution in [0, 0.1) is 5.92 Å². The van der Waals surface area contributed by atoms with E-state index in [-0.39, 0.29) is 6.42 Å². The van der Waals surface area contributed by atoms with Gasteiger partial charge in [0.1, 0.15) is 0 Å². The number of rotatable bonds is 8. The van der Waals surface area contributed by atoms with Crippen molar-refractivity contribution in [2.24, 2.45) is 5.92 Å². The van der Waals surface area contributed by atoms with Gasteiger partial charge < -0.3 is 9.90 Å². The second-order valence-corrected chi connectivity index (χ2v) is 3.87. The number of unbranched alkanes of at least 4 members (excludes halogenated alkanes) is 2. The van der Waals surface area contributed by atoms with Gasteiger partial charge in [-0.05, 0) is 18.8 Å². The summed E-state index contributed by atoms with van der Waals surface area (Å²) in [5, 5.41) is 10.1. The first-order valence-electron chi connectivity index (χ1n) is 5.36. The minimum Gasteiger partial charge on any atom is -0.550 e. The molecule has 2 heteroatoms. The molecule has 0 aromatic heterocycles. The van der Waals surface area contributed by atoms with Crippen molar-refractivity contribution in [3.8, 4) is 0 Å². The lowest BCUT2D eigenvalue weighted by molar-refractivity contribution is -0.305. The third-order valence-electron chi connectivity index (χ3n) is 2.36. The van der Waals surface area contributed by atoms with E-state index in [1.165, 1.54) is 19.3 Å². The Balaban J connectivity index is 3.11. The molecule has 0 amide bonds. The Kier molecular flexibility index (Phi) is 7.76. The van der Waals surface area contributed by atoms with Gasteiger partial charge in [-0.3, -0.25) is 0 Å². The molecule has 0 bridgehead atoms. The van der Waals surface area contributed by atoms with Crippen LogP contribution >= 0.6 is 0 Å². The molecule has 1 atom stereocenters. The van der Waals surface area contributed by atoms with Crippen molar-refractivity contribution < 1.29 is 9.90 Å². The van der Waals surface area contributed by atoms with Crippen LogP contribution in [-0.2, 0) is 4.79 Å². The van der Waals surface area contributed by atoms with E-state index in [0.717, 1.165) is 25.2 Å². The highest BCUT2D eigenvalue weighted by Crippen LogP contribution is 2.14. The molecule has 0 aliphatic heterocycles. The molecule has 78 valence electrons. The Morgan fingerprint density at radius 2 is 1.92 bits per heavy atom. The number of hydrogen-bond donors (Lipinski definition) is 0. The van der Waals surface area contributed by atoms with Crippen molar-refractivity contribution in [1.82, 2.24) is 0 Å². The molecule has 0 spiro atoms. The van der Waals surface area contributed by atoms with Gasteiger partial charge in [0.2, 0.25) is 0 Å². The van der Waals surface area contributed by atoms with Gasteiger partial charge in [-0.15, -0.1) is 0 Å². The molecule has 0 rings (SSSR count). The van der Waals surface area contributed by atoms with E-state index in [1.54, 1.807) is 0 Å². The molecule has 0 saturated carbocycles. The maximum absolute atomic E-state index is 10.1. The summed E-state index contributed by atoms with van der Waals surface area (Å²) in [5.74, 6) is -0.116.